The van der Waals surface area contributed by atoms with Crippen LogP contribution in [-0.4, -0.2) is 22.2 Å². The summed E-state index contributed by atoms with van der Waals surface area (Å²) in [6.45, 7) is 8.79. The largest absolute Gasteiger partial charge is 0.465 e. The first kappa shape index (κ1) is 21.3. The van der Waals surface area contributed by atoms with E-state index in [1.165, 1.54) is 12.0 Å². The predicted octanol–water partition coefficient (Wildman–Crippen LogP) is 5.91. The number of halogens is 2. The van der Waals surface area contributed by atoms with Crippen molar-refractivity contribution in [3.8, 4) is 0 Å². The fraction of sp³-hybridized carbons (Fsp3) is 0.700. The number of carbonyl (C=O) groups is 2. The molecule has 1 heterocycles. The number of alkyl halides is 2. The van der Waals surface area contributed by atoms with E-state index < -0.39 is 5.41 Å². The molecule has 0 radical (unpaired) electrons. The number of anilines is 1. The van der Waals surface area contributed by atoms with E-state index >= 15 is 0 Å². The van der Waals surface area contributed by atoms with Gasteiger partial charge in [0.1, 0.15) is 5.00 Å². The zero-order chi connectivity index (χ0) is 20.2. The van der Waals surface area contributed by atoms with Gasteiger partial charge in [0, 0.05) is 4.88 Å². The second-order valence-corrected chi connectivity index (χ2v) is 13.5. The normalized spacial score (nSPS) is 26.3. The Balaban J connectivity index is 1.92. The number of carbonyl (C=O) groups excluding carboxylic acids is 2. The maximum Gasteiger partial charge on any atom is 0.341 e. The summed E-state index contributed by atoms with van der Waals surface area (Å²) in [6.07, 6.45) is 4.71. The van der Waals surface area contributed by atoms with Crippen molar-refractivity contribution in [2.45, 2.75) is 63.0 Å². The minimum Gasteiger partial charge on any atom is -0.465 e. The molecule has 1 N–H and O–H groups in total. The Morgan fingerprint density at radius 1 is 1.37 bits per heavy atom. The standard InChI is InChI=1S/C20H27Br2NO3S/c1-6-18(2,3)11-7-8-12-13(9-11)27-15(14(12)16(24)26-5)23-17(25)19(4)10-20(19,21)22/h11H,6-10H2,1-5H3,(H,23,25)/t11-,19-/m1/s1. The Morgan fingerprint density at radius 3 is 2.52 bits per heavy atom. The van der Waals surface area contributed by atoms with Crippen molar-refractivity contribution >= 4 is 60.1 Å². The van der Waals surface area contributed by atoms with Gasteiger partial charge in [-0.15, -0.1) is 11.3 Å². The molecule has 1 saturated carbocycles. The molecule has 0 aliphatic heterocycles. The van der Waals surface area contributed by atoms with Crippen molar-refractivity contribution in [3.63, 3.8) is 0 Å². The van der Waals surface area contributed by atoms with Crippen molar-refractivity contribution in [2.75, 3.05) is 12.4 Å². The van der Waals surface area contributed by atoms with Gasteiger partial charge in [0.2, 0.25) is 5.91 Å². The monoisotopic (exact) mass is 519 g/mol. The number of amides is 1. The molecule has 0 unspecified atom stereocenters. The molecule has 2 atom stereocenters. The van der Waals surface area contributed by atoms with E-state index in [4.69, 9.17) is 4.74 Å². The van der Waals surface area contributed by atoms with Crippen molar-refractivity contribution < 1.29 is 14.3 Å². The maximum absolute atomic E-state index is 12.8. The van der Waals surface area contributed by atoms with E-state index in [1.54, 1.807) is 11.3 Å². The van der Waals surface area contributed by atoms with Gasteiger partial charge in [0.05, 0.1) is 21.3 Å². The van der Waals surface area contributed by atoms with Crippen LogP contribution in [0.4, 0.5) is 5.00 Å². The molecule has 7 heteroatoms. The Hall–Kier alpha value is -0.400. The highest BCUT2D eigenvalue weighted by Crippen LogP contribution is 2.66. The lowest BCUT2D eigenvalue weighted by molar-refractivity contribution is -0.120. The summed E-state index contributed by atoms with van der Waals surface area (Å²) in [7, 11) is 1.40. The zero-order valence-electron chi connectivity index (χ0n) is 16.5. The minimum absolute atomic E-state index is 0.0783. The molecule has 0 saturated heterocycles. The molecule has 27 heavy (non-hydrogen) atoms. The van der Waals surface area contributed by atoms with Crippen molar-refractivity contribution in [1.82, 2.24) is 0 Å². The number of hydrogen-bond acceptors (Lipinski definition) is 4. The van der Waals surface area contributed by atoms with Crippen LogP contribution >= 0.6 is 43.2 Å². The lowest BCUT2D eigenvalue weighted by Gasteiger charge is -2.36. The highest BCUT2D eigenvalue weighted by molar-refractivity contribution is 9.25. The summed E-state index contributed by atoms with van der Waals surface area (Å²) in [5.74, 6) is 0.146. The van der Waals surface area contributed by atoms with Crippen LogP contribution < -0.4 is 5.32 Å². The van der Waals surface area contributed by atoms with Crippen molar-refractivity contribution in [2.24, 2.45) is 16.7 Å². The highest BCUT2D eigenvalue weighted by Gasteiger charge is 2.66. The SMILES string of the molecule is CCC(C)(C)[C@@H]1CCc2c(sc(NC(=O)[C@@]3(C)CC3(Br)Br)c2C(=O)OC)C1. The van der Waals surface area contributed by atoms with Crippen LogP contribution in [0.15, 0.2) is 0 Å². The number of thiophene rings is 1. The molecule has 3 rings (SSSR count). The number of ether oxygens (including phenoxy) is 1. The fourth-order valence-corrected chi connectivity index (χ4v) is 6.63. The Bertz CT molecular complexity index is 786. The lowest BCUT2D eigenvalue weighted by atomic mass is 9.69. The summed E-state index contributed by atoms with van der Waals surface area (Å²) in [5, 5.41) is 3.66. The van der Waals surface area contributed by atoms with Gasteiger partial charge in [0.15, 0.2) is 0 Å². The molecular weight excluding hydrogens is 494 g/mol. The minimum atomic E-state index is -0.530. The molecule has 1 aromatic rings. The molecule has 0 spiro atoms. The first-order valence-corrected chi connectivity index (χ1v) is 11.8. The molecule has 150 valence electrons. The second kappa shape index (κ2) is 7.13. The molecule has 4 nitrogen and oxygen atoms in total. The van der Waals surface area contributed by atoms with Crippen LogP contribution in [0.25, 0.3) is 0 Å². The zero-order valence-corrected chi connectivity index (χ0v) is 20.5. The summed E-state index contributed by atoms with van der Waals surface area (Å²) in [4.78, 5) is 26.5. The average Bonchev–Trinajstić information content (AvgIpc) is 2.97. The lowest BCUT2D eigenvalue weighted by Crippen LogP contribution is -2.28. The van der Waals surface area contributed by atoms with Gasteiger partial charge in [-0.2, -0.15) is 0 Å². The van der Waals surface area contributed by atoms with E-state index in [1.807, 2.05) is 6.92 Å². The molecule has 1 aromatic heterocycles. The predicted molar refractivity (Wildman–Crippen MR) is 117 cm³/mol. The molecule has 0 aromatic carbocycles. The van der Waals surface area contributed by atoms with Crippen molar-refractivity contribution in [1.29, 1.82) is 0 Å². The Kier molecular flexibility index (Phi) is 5.63. The Labute approximate surface area is 182 Å². The number of esters is 1. The number of hydrogen-bond donors (Lipinski definition) is 1. The highest BCUT2D eigenvalue weighted by atomic mass is 79.9. The van der Waals surface area contributed by atoms with E-state index in [9.17, 15) is 9.59 Å². The number of rotatable bonds is 5. The van der Waals surface area contributed by atoms with Gasteiger partial charge >= 0.3 is 5.97 Å². The third kappa shape index (κ3) is 3.64. The smallest absolute Gasteiger partial charge is 0.341 e. The first-order valence-electron chi connectivity index (χ1n) is 9.39. The number of nitrogens with one attached hydrogen (secondary N) is 1. The van der Waals surface area contributed by atoms with Gasteiger partial charge in [-0.3, -0.25) is 4.79 Å². The van der Waals surface area contributed by atoms with Gasteiger partial charge < -0.3 is 10.1 Å². The summed E-state index contributed by atoms with van der Waals surface area (Å²) < 4.78 is 4.67. The van der Waals surface area contributed by atoms with Crippen LogP contribution in [0.1, 0.15) is 67.8 Å². The first-order chi connectivity index (χ1) is 12.5. The van der Waals surface area contributed by atoms with E-state index in [-0.39, 0.29) is 20.5 Å². The maximum atomic E-state index is 12.8. The molecule has 2 aliphatic carbocycles. The van der Waals surface area contributed by atoms with Crippen LogP contribution in [0.3, 0.4) is 0 Å². The Morgan fingerprint density at radius 2 is 2.00 bits per heavy atom. The molecular formula is C20H27Br2NO3S. The van der Waals surface area contributed by atoms with Crippen molar-refractivity contribution in [3.05, 3.63) is 16.0 Å². The van der Waals surface area contributed by atoms with Gasteiger partial charge in [-0.1, -0.05) is 59.1 Å². The van der Waals surface area contributed by atoms with Crippen LogP contribution in [0.5, 0.6) is 0 Å². The van der Waals surface area contributed by atoms with E-state index in [0.717, 1.165) is 31.2 Å². The summed E-state index contributed by atoms with van der Waals surface area (Å²) in [6, 6.07) is 0. The molecule has 0 bridgehead atoms. The van der Waals surface area contributed by atoms with Gasteiger partial charge in [0.25, 0.3) is 0 Å². The fourth-order valence-electron chi connectivity index (χ4n) is 3.83. The third-order valence-corrected chi connectivity index (χ3v) is 10.1. The third-order valence-electron chi connectivity index (χ3n) is 6.66. The quantitative estimate of drug-likeness (QED) is 0.387. The average molecular weight is 521 g/mol. The molecule has 1 fully saturated rings. The summed E-state index contributed by atoms with van der Waals surface area (Å²) in [5.41, 5.74) is 1.36. The second-order valence-electron chi connectivity index (χ2n) is 8.65. The van der Waals surface area contributed by atoms with Gasteiger partial charge in [-0.05, 0) is 49.5 Å². The number of fused-ring (bicyclic) bond motifs is 1. The summed E-state index contributed by atoms with van der Waals surface area (Å²) >= 11 is 8.64. The van der Waals surface area contributed by atoms with E-state index in [0.29, 0.717) is 22.9 Å². The van der Waals surface area contributed by atoms with Gasteiger partial charge in [-0.25, -0.2) is 4.79 Å². The number of methoxy groups -OCH3 is 1. The molecule has 1 amide bonds. The van der Waals surface area contributed by atoms with E-state index in [2.05, 4.69) is 57.9 Å². The molecule has 2 aliphatic rings. The van der Waals surface area contributed by atoms with Crippen LogP contribution in [0.2, 0.25) is 0 Å². The van der Waals surface area contributed by atoms with Crippen LogP contribution in [0, 0.1) is 16.7 Å². The topological polar surface area (TPSA) is 55.4 Å². The van der Waals surface area contributed by atoms with Crippen LogP contribution in [-0.2, 0) is 22.4 Å².